The van der Waals surface area contributed by atoms with Gasteiger partial charge in [0.2, 0.25) is 5.89 Å². The molecular formula is C16H17N5OS2. The molecule has 0 amide bonds. The molecule has 5 rings (SSSR count). The van der Waals surface area contributed by atoms with Crippen molar-refractivity contribution in [1.82, 2.24) is 25.0 Å². The first kappa shape index (κ1) is 14.7. The zero-order valence-electron chi connectivity index (χ0n) is 13.3. The molecule has 3 heterocycles. The lowest BCUT2D eigenvalue weighted by Gasteiger charge is -2.10. The van der Waals surface area contributed by atoms with E-state index in [1.807, 2.05) is 17.5 Å². The van der Waals surface area contributed by atoms with E-state index >= 15 is 0 Å². The molecule has 6 nitrogen and oxygen atoms in total. The molecule has 0 spiro atoms. The van der Waals surface area contributed by atoms with Gasteiger partial charge < -0.3 is 8.98 Å². The SMILES string of the molecule is CC(Sc1nnc(C2CC2)n1C1CC1)c1nnc(-c2cccs2)o1. The van der Waals surface area contributed by atoms with Crippen LogP contribution in [0.4, 0.5) is 0 Å². The second-order valence-electron chi connectivity index (χ2n) is 6.40. The van der Waals surface area contributed by atoms with E-state index in [0.717, 1.165) is 10.0 Å². The molecule has 0 bridgehead atoms. The predicted molar refractivity (Wildman–Crippen MR) is 92.2 cm³/mol. The van der Waals surface area contributed by atoms with Crippen LogP contribution < -0.4 is 0 Å². The second kappa shape index (κ2) is 5.70. The summed E-state index contributed by atoms with van der Waals surface area (Å²) in [7, 11) is 0. The quantitative estimate of drug-likeness (QED) is 0.605. The number of thiophene rings is 1. The minimum Gasteiger partial charge on any atom is -0.419 e. The number of hydrogen-bond acceptors (Lipinski definition) is 7. The first-order valence-electron chi connectivity index (χ1n) is 8.28. The lowest BCUT2D eigenvalue weighted by Crippen LogP contribution is -2.02. The summed E-state index contributed by atoms with van der Waals surface area (Å²) in [5, 5.41) is 20.4. The van der Waals surface area contributed by atoms with Crippen molar-refractivity contribution < 1.29 is 4.42 Å². The predicted octanol–water partition coefficient (Wildman–Crippen LogP) is 4.46. The molecule has 3 aromatic rings. The fourth-order valence-electron chi connectivity index (χ4n) is 2.77. The molecule has 2 aliphatic carbocycles. The Hall–Kier alpha value is -1.67. The van der Waals surface area contributed by atoms with E-state index in [4.69, 9.17) is 4.42 Å². The highest BCUT2D eigenvalue weighted by Gasteiger charge is 2.37. The fourth-order valence-corrected chi connectivity index (χ4v) is 4.37. The van der Waals surface area contributed by atoms with Gasteiger partial charge in [0.05, 0.1) is 10.1 Å². The third-order valence-corrected chi connectivity index (χ3v) is 6.25. The number of thioether (sulfide) groups is 1. The average Bonchev–Trinajstić information content (AvgIpc) is 3.44. The van der Waals surface area contributed by atoms with Crippen LogP contribution in [0.15, 0.2) is 27.1 Å². The molecule has 1 atom stereocenters. The van der Waals surface area contributed by atoms with E-state index < -0.39 is 0 Å². The zero-order chi connectivity index (χ0) is 16.1. The van der Waals surface area contributed by atoms with Gasteiger partial charge in [-0.25, -0.2) is 0 Å². The van der Waals surface area contributed by atoms with E-state index in [-0.39, 0.29) is 5.25 Å². The van der Waals surface area contributed by atoms with Gasteiger partial charge in [-0.2, -0.15) is 0 Å². The summed E-state index contributed by atoms with van der Waals surface area (Å²) in [5.41, 5.74) is 0. The van der Waals surface area contributed by atoms with E-state index in [0.29, 0.717) is 23.7 Å². The molecule has 2 aliphatic rings. The Labute approximate surface area is 147 Å². The molecule has 1 unspecified atom stereocenters. The van der Waals surface area contributed by atoms with Crippen molar-refractivity contribution in [2.75, 3.05) is 0 Å². The Morgan fingerprint density at radius 1 is 1.21 bits per heavy atom. The highest BCUT2D eigenvalue weighted by molar-refractivity contribution is 7.99. The van der Waals surface area contributed by atoms with Gasteiger partial charge >= 0.3 is 0 Å². The summed E-state index contributed by atoms with van der Waals surface area (Å²) in [6.07, 6.45) is 4.98. The first-order chi connectivity index (χ1) is 11.8. The maximum Gasteiger partial charge on any atom is 0.257 e. The molecule has 2 fully saturated rings. The maximum atomic E-state index is 5.85. The van der Waals surface area contributed by atoms with Gasteiger partial charge in [-0.05, 0) is 44.1 Å². The highest BCUT2D eigenvalue weighted by Crippen LogP contribution is 2.47. The monoisotopic (exact) mass is 359 g/mol. The summed E-state index contributed by atoms with van der Waals surface area (Å²) in [6.45, 7) is 2.08. The summed E-state index contributed by atoms with van der Waals surface area (Å²) in [4.78, 5) is 1.00. The van der Waals surface area contributed by atoms with E-state index in [1.54, 1.807) is 23.1 Å². The molecule has 124 valence electrons. The third-order valence-electron chi connectivity index (χ3n) is 4.35. The molecule has 0 N–H and O–H groups in total. The smallest absolute Gasteiger partial charge is 0.257 e. The van der Waals surface area contributed by atoms with Gasteiger partial charge in [-0.1, -0.05) is 17.8 Å². The zero-order valence-corrected chi connectivity index (χ0v) is 14.9. The van der Waals surface area contributed by atoms with Gasteiger partial charge in [0.25, 0.3) is 5.89 Å². The van der Waals surface area contributed by atoms with Crippen molar-refractivity contribution in [3.63, 3.8) is 0 Å². The van der Waals surface area contributed by atoms with Crippen molar-refractivity contribution in [2.45, 2.75) is 55.0 Å². The van der Waals surface area contributed by atoms with E-state index in [1.165, 1.54) is 31.5 Å². The minimum atomic E-state index is 0.0555. The molecule has 0 aliphatic heterocycles. The van der Waals surface area contributed by atoms with Crippen LogP contribution >= 0.6 is 23.1 Å². The van der Waals surface area contributed by atoms with Crippen LogP contribution in [-0.2, 0) is 0 Å². The van der Waals surface area contributed by atoms with Crippen molar-refractivity contribution in [2.24, 2.45) is 0 Å². The van der Waals surface area contributed by atoms with Crippen LogP contribution in [-0.4, -0.2) is 25.0 Å². The topological polar surface area (TPSA) is 69.6 Å². The fraction of sp³-hybridized carbons (Fsp3) is 0.500. The normalized spacial score (nSPS) is 18.9. The van der Waals surface area contributed by atoms with E-state index in [9.17, 15) is 0 Å². The Balaban J connectivity index is 1.38. The summed E-state index contributed by atoms with van der Waals surface area (Å²) in [5.74, 6) is 3.03. The van der Waals surface area contributed by atoms with Gasteiger partial charge in [0.1, 0.15) is 5.82 Å². The molecule has 8 heteroatoms. The Bertz CT molecular complexity index is 848. The van der Waals surface area contributed by atoms with Crippen molar-refractivity contribution in [3.8, 4) is 10.8 Å². The average molecular weight is 359 g/mol. The van der Waals surface area contributed by atoms with Crippen LogP contribution in [0.25, 0.3) is 10.8 Å². The van der Waals surface area contributed by atoms with E-state index in [2.05, 4.69) is 31.9 Å². The molecule has 24 heavy (non-hydrogen) atoms. The highest BCUT2D eigenvalue weighted by atomic mass is 32.2. The van der Waals surface area contributed by atoms with Crippen LogP contribution in [0.5, 0.6) is 0 Å². The molecule has 0 aromatic carbocycles. The molecule has 0 saturated heterocycles. The summed E-state index contributed by atoms with van der Waals surface area (Å²) >= 11 is 3.27. The Kier molecular flexibility index (Phi) is 3.48. The van der Waals surface area contributed by atoms with Crippen LogP contribution in [0.3, 0.4) is 0 Å². The number of rotatable bonds is 6. The van der Waals surface area contributed by atoms with Crippen LogP contribution in [0, 0.1) is 0 Å². The molecular weight excluding hydrogens is 342 g/mol. The first-order valence-corrected chi connectivity index (χ1v) is 10.0. The van der Waals surface area contributed by atoms with Gasteiger partial charge in [-0.3, -0.25) is 0 Å². The Morgan fingerprint density at radius 3 is 2.79 bits per heavy atom. The van der Waals surface area contributed by atoms with Crippen LogP contribution in [0.1, 0.15) is 61.5 Å². The summed E-state index contributed by atoms with van der Waals surface area (Å²) < 4.78 is 8.21. The van der Waals surface area contributed by atoms with Gasteiger partial charge in [0, 0.05) is 12.0 Å². The maximum absolute atomic E-state index is 5.85. The van der Waals surface area contributed by atoms with Crippen molar-refractivity contribution >= 4 is 23.1 Å². The summed E-state index contributed by atoms with van der Waals surface area (Å²) in [6, 6.07) is 4.57. The van der Waals surface area contributed by atoms with Gasteiger partial charge in [-0.15, -0.1) is 31.7 Å². The molecule has 0 radical (unpaired) electrons. The second-order valence-corrected chi connectivity index (χ2v) is 8.65. The Morgan fingerprint density at radius 2 is 2.08 bits per heavy atom. The number of hydrogen-bond donors (Lipinski definition) is 0. The molecule has 2 saturated carbocycles. The largest absolute Gasteiger partial charge is 0.419 e. The minimum absolute atomic E-state index is 0.0555. The lowest BCUT2D eigenvalue weighted by molar-refractivity contribution is 0.509. The number of aromatic nitrogens is 5. The van der Waals surface area contributed by atoms with Crippen molar-refractivity contribution in [3.05, 3.63) is 29.2 Å². The number of nitrogens with zero attached hydrogens (tertiary/aromatic N) is 5. The standard InChI is InChI=1S/C16H17N5OS2/c1-9(14-18-19-15(22-14)12-3-2-8-23-12)24-16-20-17-13(10-4-5-10)21(16)11-6-7-11/h2-3,8-11H,4-7H2,1H3. The lowest BCUT2D eigenvalue weighted by atomic mass is 10.4. The molecule has 3 aromatic heterocycles. The van der Waals surface area contributed by atoms with Crippen molar-refractivity contribution in [1.29, 1.82) is 0 Å². The van der Waals surface area contributed by atoms with Crippen LogP contribution in [0.2, 0.25) is 0 Å². The third kappa shape index (κ3) is 2.67. The van der Waals surface area contributed by atoms with Gasteiger partial charge in [0.15, 0.2) is 5.16 Å².